The van der Waals surface area contributed by atoms with Gasteiger partial charge in [0.2, 0.25) is 0 Å². The van der Waals surface area contributed by atoms with Crippen molar-refractivity contribution in [1.29, 1.82) is 0 Å². The Balaban J connectivity index is 2.30. The molecule has 0 bridgehead atoms. The smallest absolute Gasteiger partial charge is 0.258 e. The fraction of sp³-hybridized carbons (Fsp3) is 0.0667. The first-order valence-electron chi connectivity index (χ1n) is 6.20. The third-order valence-electron chi connectivity index (χ3n) is 2.50. The van der Waals surface area contributed by atoms with Gasteiger partial charge in [-0.1, -0.05) is 0 Å². The molecule has 0 aromatic heterocycles. The number of nitrogens with zero attached hydrogens (tertiary/aromatic N) is 2. The van der Waals surface area contributed by atoms with Gasteiger partial charge in [-0.15, -0.1) is 0 Å². The SMILES string of the molecule is O=C1NC(=O)C2=CC=CN=CCOC=CC=NC=CC=C12. The van der Waals surface area contributed by atoms with Crippen molar-refractivity contribution in [1.82, 2.24) is 5.32 Å². The highest BCUT2D eigenvalue weighted by Gasteiger charge is 2.29. The van der Waals surface area contributed by atoms with Gasteiger partial charge in [0.1, 0.15) is 6.61 Å². The summed E-state index contributed by atoms with van der Waals surface area (Å²) in [5.41, 5.74) is 0.592. The zero-order valence-corrected chi connectivity index (χ0v) is 11.1. The van der Waals surface area contributed by atoms with Crippen LogP contribution in [0.5, 0.6) is 0 Å². The summed E-state index contributed by atoms with van der Waals surface area (Å²) in [4.78, 5) is 31.3. The minimum Gasteiger partial charge on any atom is -0.495 e. The molecule has 0 unspecified atom stereocenters. The van der Waals surface area contributed by atoms with E-state index in [-0.39, 0.29) is 0 Å². The number of ether oxygens (including phenoxy) is 1. The Bertz CT molecular complexity index is 635. The van der Waals surface area contributed by atoms with E-state index in [0.717, 1.165) is 0 Å². The van der Waals surface area contributed by atoms with Crippen molar-refractivity contribution in [2.45, 2.75) is 0 Å². The van der Waals surface area contributed by atoms with Crippen LogP contribution in [0.15, 0.2) is 70.2 Å². The largest absolute Gasteiger partial charge is 0.495 e. The van der Waals surface area contributed by atoms with Gasteiger partial charge in [0, 0.05) is 24.8 Å². The molecule has 2 amide bonds. The number of hydrogen-bond acceptors (Lipinski definition) is 5. The number of nitrogens with one attached hydrogen (secondary N) is 1. The lowest BCUT2D eigenvalue weighted by Crippen LogP contribution is -2.19. The summed E-state index contributed by atoms with van der Waals surface area (Å²) < 4.78 is 5.12. The van der Waals surface area contributed by atoms with E-state index in [9.17, 15) is 9.59 Å². The van der Waals surface area contributed by atoms with Crippen molar-refractivity contribution in [2.24, 2.45) is 9.98 Å². The van der Waals surface area contributed by atoms with E-state index < -0.39 is 11.8 Å². The molecule has 0 spiro atoms. The topological polar surface area (TPSA) is 80.1 Å². The molecule has 0 aromatic carbocycles. The Hall–Kier alpha value is -3.02. The van der Waals surface area contributed by atoms with Crippen LogP contribution in [0.2, 0.25) is 0 Å². The summed E-state index contributed by atoms with van der Waals surface area (Å²) >= 11 is 0. The number of fused-ring (bicyclic) bond motifs is 1. The Labute approximate surface area is 121 Å². The van der Waals surface area contributed by atoms with Gasteiger partial charge in [0.25, 0.3) is 11.8 Å². The van der Waals surface area contributed by atoms with E-state index in [1.165, 1.54) is 37.0 Å². The van der Waals surface area contributed by atoms with E-state index >= 15 is 0 Å². The summed E-state index contributed by atoms with van der Waals surface area (Å²) in [5.74, 6) is -0.852. The number of rotatable bonds is 0. The van der Waals surface area contributed by atoms with Gasteiger partial charge in [0.05, 0.1) is 17.4 Å². The Morgan fingerprint density at radius 2 is 1.62 bits per heavy atom. The average Bonchev–Trinajstić information content (AvgIpc) is 2.72. The van der Waals surface area contributed by atoms with Crippen molar-refractivity contribution in [3.05, 3.63) is 60.2 Å². The molecule has 6 heteroatoms. The van der Waals surface area contributed by atoms with Gasteiger partial charge in [-0.3, -0.25) is 24.9 Å². The third kappa shape index (κ3) is 4.24. The lowest BCUT2D eigenvalue weighted by Gasteiger charge is -1.92. The van der Waals surface area contributed by atoms with E-state index in [0.29, 0.717) is 17.8 Å². The highest BCUT2D eigenvalue weighted by Crippen LogP contribution is 2.17. The van der Waals surface area contributed by atoms with Gasteiger partial charge in [-0.25, -0.2) is 0 Å². The van der Waals surface area contributed by atoms with E-state index in [1.54, 1.807) is 24.4 Å². The molecule has 2 rings (SSSR count). The van der Waals surface area contributed by atoms with E-state index in [1.807, 2.05) is 0 Å². The van der Waals surface area contributed by atoms with Crippen LogP contribution in [-0.4, -0.2) is 30.9 Å². The van der Waals surface area contributed by atoms with Crippen LogP contribution < -0.4 is 5.32 Å². The van der Waals surface area contributed by atoms with Gasteiger partial charge < -0.3 is 4.74 Å². The lowest BCUT2D eigenvalue weighted by atomic mass is 10.1. The Kier molecular flexibility index (Phi) is 5.17. The molecule has 1 saturated heterocycles. The summed E-state index contributed by atoms with van der Waals surface area (Å²) in [6.45, 7) is 0.325. The second-order valence-electron chi connectivity index (χ2n) is 3.92. The monoisotopic (exact) mass is 283 g/mol. The standard InChI is InChI=1S/C15H13N3O3/c19-14-12-4-1-6-16-8-3-10-21-11-9-17-7-2-5-13(12)15(20)18-14/h1-10H,11H2,(H,18,19,20). The van der Waals surface area contributed by atoms with Gasteiger partial charge >= 0.3 is 0 Å². The molecule has 2 heterocycles. The molecule has 6 nitrogen and oxygen atoms in total. The van der Waals surface area contributed by atoms with Crippen LogP contribution in [-0.2, 0) is 14.3 Å². The molecule has 1 N–H and O–H groups in total. The highest BCUT2D eigenvalue weighted by molar-refractivity contribution is 6.24. The van der Waals surface area contributed by atoms with E-state index in [2.05, 4.69) is 15.3 Å². The zero-order chi connectivity index (χ0) is 14.9. The Morgan fingerprint density at radius 3 is 2.33 bits per heavy atom. The molecule has 2 aliphatic rings. The zero-order valence-electron chi connectivity index (χ0n) is 11.1. The minimum atomic E-state index is -0.427. The first-order valence-corrected chi connectivity index (χ1v) is 6.20. The number of hydrogen-bond donors (Lipinski definition) is 1. The molecular formula is C15H13N3O3. The van der Waals surface area contributed by atoms with E-state index in [4.69, 9.17) is 4.74 Å². The Morgan fingerprint density at radius 1 is 0.952 bits per heavy atom. The molecular weight excluding hydrogens is 270 g/mol. The second kappa shape index (κ2) is 7.54. The fourth-order valence-corrected chi connectivity index (χ4v) is 1.58. The van der Waals surface area contributed by atoms with Crippen molar-refractivity contribution in [2.75, 3.05) is 6.61 Å². The van der Waals surface area contributed by atoms with Gasteiger partial charge in [0.15, 0.2) is 0 Å². The molecule has 106 valence electrons. The summed E-state index contributed by atoms with van der Waals surface area (Å²) in [6.07, 6.45) is 15.5. The van der Waals surface area contributed by atoms with Crippen LogP contribution in [0.3, 0.4) is 0 Å². The second-order valence-corrected chi connectivity index (χ2v) is 3.92. The average molecular weight is 283 g/mol. The van der Waals surface area contributed by atoms with Crippen molar-refractivity contribution >= 4 is 24.2 Å². The predicted molar refractivity (Wildman–Crippen MR) is 79.7 cm³/mol. The molecule has 0 aliphatic carbocycles. The van der Waals surface area contributed by atoms with Crippen molar-refractivity contribution in [3.8, 4) is 0 Å². The third-order valence-corrected chi connectivity index (χ3v) is 2.50. The first kappa shape index (κ1) is 14.4. The quantitative estimate of drug-likeness (QED) is 0.678. The summed E-state index contributed by atoms with van der Waals surface area (Å²) in [5, 5.41) is 2.24. The van der Waals surface area contributed by atoms with Gasteiger partial charge in [-0.05, 0) is 30.4 Å². The highest BCUT2D eigenvalue weighted by atomic mass is 16.5. The molecule has 0 radical (unpaired) electrons. The molecule has 0 atom stereocenters. The lowest BCUT2D eigenvalue weighted by molar-refractivity contribution is -0.123. The molecule has 0 aromatic rings. The maximum atomic E-state index is 11.7. The molecule has 0 saturated carbocycles. The molecule has 21 heavy (non-hydrogen) atoms. The molecule has 1 fully saturated rings. The number of imide groups is 1. The minimum absolute atomic E-state index is 0.295. The predicted octanol–water partition coefficient (Wildman–Crippen LogP) is 1.21. The molecule has 2 aliphatic heterocycles. The number of aliphatic imine (C=N–C) groups is 2. The maximum Gasteiger partial charge on any atom is 0.258 e. The number of carbonyl (C=O) groups excluding carboxylic acids is 2. The normalized spacial score (nSPS) is 18.9. The van der Waals surface area contributed by atoms with Crippen LogP contribution in [0.1, 0.15) is 0 Å². The first-order chi connectivity index (χ1) is 10.3. The fourth-order valence-electron chi connectivity index (χ4n) is 1.58. The van der Waals surface area contributed by atoms with Crippen molar-refractivity contribution in [3.63, 3.8) is 0 Å². The van der Waals surface area contributed by atoms with Crippen LogP contribution in [0.4, 0.5) is 0 Å². The van der Waals surface area contributed by atoms with Crippen LogP contribution in [0, 0.1) is 0 Å². The number of allylic oxidation sites excluding steroid dienone is 5. The summed E-state index contributed by atoms with van der Waals surface area (Å²) in [7, 11) is 0. The summed E-state index contributed by atoms with van der Waals surface area (Å²) in [6, 6.07) is 0. The van der Waals surface area contributed by atoms with Gasteiger partial charge in [-0.2, -0.15) is 0 Å². The van der Waals surface area contributed by atoms with Crippen LogP contribution >= 0.6 is 0 Å². The van der Waals surface area contributed by atoms with Crippen molar-refractivity contribution < 1.29 is 14.3 Å². The number of carbonyl (C=O) groups is 2. The maximum absolute atomic E-state index is 11.7. The van der Waals surface area contributed by atoms with Crippen LogP contribution in [0.25, 0.3) is 0 Å². The number of amides is 2.